The van der Waals surface area contributed by atoms with Crippen molar-refractivity contribution < 1.29 is 14.6 Å². The first-order chi connectivity index (χ1) is 11.5. The molecule has 1 aromatic heterocycles. The molecule has 6 heteroatoms. The molecule has 2 rings (SSSR count). The average molecular weight is 348 g/mol. The van der Waals surface area contributed by atoms with Crippen LogP contribution in [0.15, 0.2) is 29.6 Å². The third kappa shape index (κ3) is 5.32. The van der Waals surface area contributed by atoms with Crippen LogP contribution in [0.25, 0.3) is 0 Å². The van der Waals surface area contributed by atoms with E-state index in [1.807, 2.05) is 32.2 Å². The van der Waals surface area contributed by atoms with Gasteiger partial charge in [-0.05, 0) is 37.5 Å². The first-order valence-electron chi connectivity index (χ1n) is 8.05. The van der Waals surface area contributed by atoms with Gasteiger partial charge in [-0.25, -0.2) is 4.98 Å². The second-order valence-electron chi connectivity index (χ2n) is 6.01. The minimum atomic E-state index is -0.155. The maximum absolute atomic E-state index is 12.4. The molecule has 0 spiro atoms. The van der Waals surface area contributed by atoms with Gasteiger partial charge >= 0.3 is 0 Å². The van der Waals surface area contributed by atoms with Crippen molar-refractivity contribution in [3.05, 3.63) is 45.9 Å². The third-order valence-electron chi connectivity index (χ3n) is 3.71. The second-order valence-corrected chi connectivity index (χ2v) is 7.07. The fourth-order valence-electron chi connectivity index (χ4n) is 2.32. The molecule has 0 saturated carbocycles. The molecule has 0 saturated heterocycles. The number of aliphatic hydroxyl groups is 1. The molecular formula is C18H24N2O3S. The van der Waals surface area contributed by atoms with E-state index in [-0.39, 0.29) is 24.5 Å². The van der Waals surface area contributed by atoms with Crippen molar-refractivity contribution in [2.24, 2.45) is 5.92 Å². The standard InChI is InChI=1S/C18H24N2O3S/c1-12(2)17(7-8-21)20-18(22)14-5-4-6-16(9-14)23-10-15-11-24-13(3)19-15/h4-6,9,11-12,17,21H,7-8,10H2,1-3H3,(H,20,22). The van der Waals surface area contributed by atoms with Crippen LogP contribution in [0.3, 0.4) is 0 Å². The molecule has 1 heterocycles. The summed E-state index contributed by atoms with van der Waals surface area (Å²) in [5, 5.41) is 15.1. The number of rotatable bonds is 8. The summed E-state index contributed by atoms with van der Waals surface area (Å²) >= 11 is 1.59. The summed E-state index contributed by atoms with van der Waals surface area (Å²) in [6.45, 7) is 6.44. The number of aliphatic hydroxyl groups excluding tert-OH is 1. The smallest absolute Gasteiger partial charge is 0.251 e. The fraction of sp³-hybridized carbons (Fsp3) is 0.444. The first-order valence-corrected chi connectivity index (χ1v) is 8.93. The molecule has 2 N–H and O–H groups in total. The van der Waals surface area contributed by atoms with Crippen LogP contribution in [0.5, 0.6) is 5.75 Å². The van der Waals surface area contributed by atoms with Crippen LogP contribution in [0.1, 0.15) is 41.3 Å². The molecule has 0 aliphatic rings. The number of aryl methyl sites for hydroxylation is 1. The molecule has 24 heavy (non-hydrogen) atoms. The highest BCUT2D eigenvalue weighted by Gasteiger charge is 2.17. The van der Waals surface area contributed by atoms with Gasteiger partial charge in [-0.2, -0.15) is 0 Å². The molecular weight excluding hydrogens is 324 g/mol. The lowest BCUT2D eigenvalue weighted by atomic mass is 10.0. The van der Waals surface area contributed by atoms with Crippen LogP contribution < -0.4 is 10.1 Å². The zero-order chi connectivity index (χ0) is 17.5. The molecule has 130 valence electrons. The lowest BCUT2D eigenvalue weighted by Crippen LogP contribution is -2.39. The number of carbonyl (C=O) groups excluding carboxylic acids is 1. The Morgan fingerprint density at radius 3 is 2.83 bits per heavy atom. The van der Waals surface area contributed by atoms with E-state index in [4.69, 9.17) is 9.84 Å². The van der Waals surface area contributed by atoms with E-state index in [0.717, 1.165) is 10.7 Å². The predicted octanol–water partition coefficient (Wildman–Crippen LogP) is 3.17. The van der Waals surface area contributed by atoms with Gasteiger partial charge in [-0.3, -0.25) is 4.79 Å². The van der Waals surface area contributed by atoms with Crippen molar-refractivity contribution >= 4 is 17.2 Å². The Balaban J connectivity index is 1.99. The molecule has 1 amide bonds. The van der Waals surface area contributed by atoms with Crippen LogP contribution in [0.2, 0.25) is 0 Å². The minimum Gasteiger partial charge on any atom is -0.487 e. The van der Waals surface area contributed by atoms with Crippen LogP contribution in [0.4, 0.5) is 0 Å². The molecule has 1 unspecified atom stereocenters. The van der Waals surface area contributed by atoms with Gasteiger partial charge in [0.15, 0.2) is 0 Å². The minimum absolute atomic E-state index is 0.0509. The molecule has 0 aliphatic heterocycles. The largest absolute Gasteiger partial charge is 0.487 e. The summed E-state index contributed by atoms with van der Waals surface area (Å²) in [5.41, 5.74) is 1.43. The molecule has 0 aliphatic carbocycles. The monoisotopic (exact) mass is 348 g/mol. The number of aromatic nitrogens is 1. The van der Waals surface area contributed by atoms with E-state index in [1.54, 1.807) is 29.5 Å². The van der Waals surface area contributed by atoms with Crippen molar-refractivity contribution in [3.8, 4) is 5.75 Å². The quantitative estimate of drug-likeness (QED) is 0.769. The molecule has 0 bridgehead atoms. The predicted molar refractivity (Wildman–Crippen MR) is 95.4 cm³/mol. The van der Waals surface area contributed by atoms with Gasteiger partial charge in [-0.15, -0.1) is 11.3 Å². The highest BCUT2D eigenvalue weighted by Crippen LogP contribution is 2.17. The van der Waals surface area contributed by atoms with Gasteiger partial charge in [0, 0.05) is 23.6 Å². The van der Waals surface area contributed by atoms with Crippen LogP contribution in [-0.4, -0.2) is 28.6 Å². The summed E-state index contributed by atoms with van der Waals surface area (Å²) in [5.74, 6) is 0.738. The summed E-state index contributed by atoms with van der Waals surface area (Å²) in [7, 11) is 0. The van der Waals surface area contributed by atoms with Gasteiger partial charge in [0.05, 0.1) is 10.7 Å². The van der Waals surface area contributed by atoms with E-state index in [9.17, 15) is 4.79 Å². The fourth-order valence-corrected chi connectivity index (χ4v) is 2.92. The van der Waals surface area contributed by atoms with E-state index in [1.165, 1.54) is 0 Å². The first kappa shape index (κ1) is 18.4. The van der Waals surface area contributed by atoms with Gasteiger partial charge in [0.1, 0.15) is 12.4 Å². The molecule has 0 fully saturated rings. The number of thiazole rings is 1. The van der Waals surface area contributed by atoms with E-state index in [2.05, 4.69) is 10.3 Å². The number of hydrogen-bond donors (Lipinski definition) is 2. The SMILES string of the molecule is Cc1nc(COc2cccc(C(=O)NC(CCO)C(C)C)c2)cs1. The third-order valence-corrected chi connectivity index (χ3v) is 4.53. The number of ether oxygens (including phenoxy) is 1. The van der Waals surface area contributed by atoms with Crippen LogP contribution in [0, 0.1) is 12.8 Å². The van der Waals surface area contributed by atoms with Crippen molar-refractivity contribution in [3.63, 3.8) is 0 Å². The number of carbonyl (C=O) groups is 1. The summed E-state index contributed by atoms with van der Waals surface area (Å²) in [6, 6.07) is 7.05. The topological polar surface area (TPSA) is 71.5 Å². The maximum Gasteiger partial charge on any atom is 0.251 e. The molecule has 0 radical (unpaired) electrons. The Hall–Kier alpha value is -1.92. The van der Waals surface area contributed by atoms with Gasteiger partial charge in [0.25, 0.3) is 5.91 Å². The Morgan fingerprint density at radius 2 is 2.21 bits per heavy atom. The number of benzene rings is 1. The number of hydrogen-bond acceptors (Lipinski definition) is 5. The Labute approximate surface area is 146 Å². The summed E-state index contributed by atoms with van der Waals surface area (Å²) in [6.07, 6.45) is 0.544. The Bertz CT molecular complexity index is 670. The van der Waals surface area contributed by atoms with E-state index in [0.29, 0.717) is 24.3 Å². The molecule has 2 aromatic rings. The number of nitrogens with zero attached hydrogens (tertiary/aromatic N) is 1. The van der Waals surface area contributed by atoms with Crippen LogP contribution >= 0.6 is 11.3 Å². The van der Waals surface area contributed by atoms with Gasteiger partial charge in [-0.1, -0.05) is 19.9 Å². The normalized spacial score (nSPS) is 12.2. The van der Waals surface area contributed by atoms with Crippen molar-refractivity contribution in [1.82, 2.24) is 10.3 Å². The van der Waals surface area contributed by atoms with Crippen molar-refractivity contribution in [2.45, 2.75) is 39.8 Å². The highest BCUT2D eigenvalue weighted by molar-refractivity contribution is 7.09. The van der Waals surface area contributed by atoms with Crippen LogP contribution in [-0.2, 0) is 6.61 Å². The lowest BCUT2D eigenvalue weighted by Gasteiger charge is -2.21. The van der Waals surface area contributed by atoms with Crippen molar-refractivity contribution in [2.75, 3.05) is 6.61 Å². The summed E-state index contributed by atoms with van der Waals surface area (Å²) in [4.78, 5) is 16.8. The number of amides is 1. The van der Waals surface area contributed by atoms with E-state index >= 15 is 0 Å². The zero-order valence-corrected chi connectivity index (χ0v) is 15.1. The molecule has 5 nitrogen and oxygen atoms in total. The highest BCUT2D eigenvalue weighted by atomic mass is 32.1. The molecule has 1 aromatic carbocycles. The lowest BCUT2D eigenvalue weighted by molar-refractivity contribution is 0.0916. The number of nitrogens with one attached hydrogen (secondary N) is 1. The zero-order valence-electron chi connectivity index (χ0n) is 14.3. The van der Waals surface area contributed by atoms with Crippen molar-refractivity contribution in [1.29, 1.82) is 0 Å². The Kier molecular flexibility index (Phi) is 6.75. The average Bonchev–Trinajstić information content (AvgIpc) is 2.98. The maximum atomic E-state index is 12.4. The second kappa shape index (κ2) is 8.80. The van der Waals surface area contributed by atoms with E-state index < -0.39 is 0 Å². The summed E-state index contributed by atoms with van der Waals surface area (Å²) < 4.78 is 5.72. The van der Waals surface area contributed by atoms with Gasteiger partial charge < -0.3 is 15.2 Å². The van der Waals surface area contributed by atoms with Gasteiger partial charge in [0.2, 0.25) is 0 Å². The Morgan fingerprint density at radius 1 is 1.42 bits per heavy atom. The molecule has 1 atom stereocenters.